The van der Waals surface area contributed by atoms with Crippen LogP contribution in [0.5, 0.6) is 0 Å². The number of anilines is 1. The van der Waals surface area contributed by atoms with Crippen molar-refractivity contribution in [2.24, 2.45) is 11.3 Å². The second-order valence-electron chi connectivity index (χ2n) is 9.39. The molecule has 0 unspecified atom stereocenters. The maximum atomic E-state index is 13.0. The number of thiophene rings is 1. The molecule has 2 aliphatic rings. The number of hydrogen-bond donors (Lipinski definition) is 2. The van der Waals surface area contributed by atoms with Crippen molar-refractivity contribution in [1.29, 1.82) is 0 Å². The van der Waals surface area contributed by atoms with Gasteiger partial charge in [0.25, 0.3) is 5.91 Å². The average molecular weight is 475 g/mol. The molecular formula is C24H24Cl2N2O2S. The van der Waals surface area contributed by atoms with Crippen LogP contribution in [0.2, 0.25) is 10.0 Å². The van der Waals surface area contributed by atoms with E-state index < -0.39 is 6.17 Å². The standard InChI is InChI=1S/C24H24Cl2N2O2S/c1-24(2,3)12-4-6-15-19(10-12)31-23-20(15)22(29)27-21(28-23)18-9-8-17(30-18)14-7-5-13(25)11-16(14)26/h5,7-9,11-12,21,28H,4,6,10H2,1-3H3,(H,27,29)/t12-,21+/m1/s1. The predicted octanol–water partition coefficient (Wildman–Crippen LogP) is 7.32. The van der Waals surface area contributed by atoms with Crippen molar-refractivity contribution in [2.75, 3.05) is 5.32 Å². The fourth-order valence-corrected chi connectivity index (χ4v) is 6.38. The van der Waals surface area contributed by atoms with Crippen LogP contribution in [0.1, 0.15) is 59.9 Å². The molecule has 0 saturated heterocycles. The monoisotopic (exact) mass is 474 g/mol. The summed E-state index contributed by atoms with van der Waals surface area (Å²) in [5, 5.41) is 8.58. The molecule has 5 rings (SSSR count). The molecule has 162 valence electrons. The first kappa shape index (κ1) is 20.9. The molecule has 3 aromatic rings. The van der Waals surface area contributed by atoms with Gasteiger partial charge >= 0.3 is 0 Å². The Morgan fingerprint density at radius 2 is 1.94 bits per heavy atom. The first-order valence-electron chi connectivity index (χ1n) is 10.5. The maximum Gasteiger partial charge on any atom is 0.256 e. The summed E-state index contributed by atoms with van der Waals surface area (Å²) in [7, 11) is 0. The van der Waals surface area contributed by atoms with Crippen molar-refractivity contribution in [1.82, 2.24) is 5.32 Å². The molecule has 0 radical (unpaired) electrons. The van der Waals surface area contributed by atoms with Gasteiger partial charge in [-0.3, -0.25) is 4.79 Å². The van der Waals surface area contributed by atoms with Crippen LogP contribution in [0.25, 0.3) is 11.3 Å². The zero-order valence-corrected chi connectivity index (χ0v) is 20.0. The number of halogens is 2. The van der Waals surface area contributed by atoms with Gasteiger partial charge in [0.05, 0.1) is 10.6 Å². The highest BCUT2D eigenvalue weighted by Gasteiger charge is 2.37. The molecule has 31 heavy (non-hydrogen) atoms. The number of amides is 1. The van der Waals surface area contributed by atoms with Crippen molar-refractivity contribution in [3.63, 3.8) is 0 Å². The van der Waals surface area contributed by atoms with Crippen molar-refractivity contribution in [2.45, 2.75) is 46.2 Å². The highest BCUT2D eigenvalue weighted by Crippen LogP contribution is 2.46. The molecule has 0 bridgehead atoms. The van der Waals surface area contributed by atoms with Crippen LogP contribution >= 0.6 is 34.5 Å². The van der Waals surface area contributed by atoms with E-state index in [1.54, 1.807) is 23.5 Å². The third-order valence-electron chi connectivity index (χ3n) is 6.38. The van der Waals surface area contributed by atoms with E-state index in [9.17, 15) is 4.79 Å². The van der Waals surface area contributed by atoms with Gasteiger partial charge in [0.1, 0.15) is 16.5 Å². The molecule has 2 aromatic heterocycles. The predicted molar refractivity (Wildman–Crippen MR) is 127 cm³/mol. The van der Waals surface area contributed by atoms with Gasteiger partial charge in [-0.1, -0.05) is 44.0 Å². The Labute approximate surface area is 195 Å². The molecule has 0 spiro atoms. The second-order valence-corrected chi connectivity index (χ2v) is 11.3. The van der Waals surface area contributed by atoms with E-state index in [2.05, 4.69) is 31.4 Å². The summed E-state index contributed by atoms with van der Waals surface area (Å²) in [5.74, 6) is 1.87. The van der Waals surface area contributed by atoms with Gasteiger partial charge in [0, 0.05) is 15.5 Å². The molecule has 2 atom stereocenters. The normalized spacial score (nSPS) is 20.6. The van der Waals surface area contributed by atoms with Crippen LogP contribution in [0, 0.1) is 11.3 Å². The van der Waals surface area contributed by atoms with Gasteiger partial charge in [-0.15, -0.1) is 11.3 Å². The molecule has 3 heterocycles. The molecule has 0 fully saturated rings. The minimum atomic E-state index is -0.418. The van der Waals surface area contributed by atoms with Gasteiger partial charge in [-0.2, -0.15) is 0 Å². The quantitative estimate of drug-likeness (QED) is 0.408. The molecule has 0 saturated carbocycles. The second kappa shape index (κ2) is 7.58. The van der Waals surface area contributed by atoms with Crippen LogP contribution in [0.3, 0.4) is 0 Å². The number of carbonyl (C=O) groups is 1. The van der Waals surface area contributed by atoms with E-state index in [0.29, 0.717) is 27.5 Å². The first-order valence-corrected chi connectivity index (χ1v) is 12.0. The summed E-state index contributed by atoms with van der Waals surface area (Å²) in [6.07, 6.45) is 2.71. The minimum absolute atomic E-state index is 0.0343. The number of carbonyl (C=O) groups excluding carboxylic acids is 1. The van der Waals surface area contributed by atoms with Gasteiger partial charge in [-0.25, -0.2) is 0 Å². The van der Waals surface area contributed by atoms with E-state index in [1.807, 2.05) is 18.2 Å². The molecule has 1 aromatic carbocycles. The zero-order chi connectivity index (χ0) is 21.9. The van der Waals surface area contributed by atoms with Crippen LogP contribution < -0.4 is 10.6 Å². The van der Waals surface area contributed by atoms with E-state index in [-0.39, 0.29) is 11.3 Å². The smallest absolute Gasteiger partial charge is 0.256 e. The van der Waals surface area contributed by atoms with Gasteiger partial charge in [0.15, 0.2) is 6.17 Å². The Bertz CT molecular complexity index is 1170. The minimum Gasteiger partial charge on any atom is -0.457 e. The molecule has 7 heteroatoms. The summed E-state index contributed by atoms with van der Waals surface area (Å²) in [6, 6.07) is 9.03. The lowest BCUT2D eigenvalue weighted by Crippen LogP contribution is -2.38. The van der Waals surface area contributed by atoms with Crippen molar-refractivity contribution < 1.29 is 9.21 Å². The number of benzene rings is 1. The average Bonchev–Trinajstić information content (AvgIpc) is 3.31. The van der Waals surface area contributed by atoms with Gasteiger partial charge in [-0.05, 0) is 66.5 Å². The largest absolute Gasteiger partial charge is 0.457 e. The summed E-state index contributed by atoms with van der Waals surface area (Å²) in [6.45, 7) is 6.91. The van der Waals surface area contributed by atoms with Crippen LogP contribution in [-0.2, 0) is 12.8 Å². The fraction of sp³-hybridized carbons (Fsp3) is 0.375. The lowest BCUT2D eigenvalue weighted by atomic mass is 9.72. The molecule has 2 N–H and O–H groups in total. The summed E-state index contributed by atoms with van der Waals surface area (Å²) in [4.78, 5) is 14.4. The Kier molecular flexibility index (Phi) is 5.11. The number of nitrogens with one attached hydrogen (secondary N) is 2. The highest BCUT2D eigenvalue weighted by atomic mass is 35.5. The van der Waals surface area contributed by atoms with Crippen molar-refractivity contribution >= 4 is 45.4 Å². The van der Waals surface area contributed by atoms with Crippen molar-refractivity contribution in [3.05, 3.63) is 62.1 Å². The lowest BCUT2D eigenvalue weighted by Gasteiger charge is -2.34. The number of furan rings is 1. The Balaban J connectivity index is 1.42. The topological polar surface area (TPSA) is 54.3 Å². The summed E-state index contributed by atoms with van der Waals surface area (Å²) in [5.41, 5.74) is 3.07. The first-order chi connectivity index (χ1) is 14.7. The van der Waals surface area contributed by atoms with E-state index in [0.717, 1.165) is 35.4 Å². The van der Waals surface area contributed by atoms with Crippen LogP contribution in [-0.4, -0.2) is 5.91 Å². The van der Waals surface area contributed by atoms with Crippen molar-refractivity contribution in [3.8, 4) is 11.3 Å². The van der Waals surface area contributed by atoms with Crippen LogP contribution in [0.15, 0.2) is 34.7 Å². The van der Waals surface area contributed by atoms with E-state index in [4.69, 9.17) is 27.6 Å². The fourth-order valence-electron chi connectivity index (χ4n) is 4.52. The SMILES string of the molecule is CC(C)(C)[C@@H]1CCc2c(sc3c2C(=O)N[C@H](c2ccc(-c4ccc(Cl)cc4Cl)o2)N3)C1. The zero-order valence-electron chi connectivity index (χ0n) is 17.6. The molecule has 4 nitrogen and oxygen atoms in total. The molecule has 1 aliphatic carbocycles. The van der Waals surface area contributed by atoms with Gasteiger partial charge in [0.2, 0.25) is 0 Å². The Morgan fingerprint density at radius 3 is 2.68 bits per heavy atom. The van der Waals surface area contributed by atoms with E-state index >= 15 is 0 Å². The third kappa shape index (κ3) is 3.77. The summed E-state index contributed by atoms with van der Waals surface area (Å²) >= 11 is 14.0. The van der Waals surface area contributed by atoms with Crippen LogP contribution in [0.4, 0.5) is 5.00 Å². The Hall–Kier alpha value is -1.95. The maximum absolute atomic E-state index is 13.0. The number of fused-ring (bicyclic) bond motifs is 3. The van der Waals surface area contributed by atoms with E-state index in [1.165, 1.54) is 10.4 Å². The highest BCUT2D eigenvalue weighted by molar-refractivity contribution is 7.16. The Morgan fingerprint density at radius 1 is 1.13 bits per heavy atom. The third-order valence-corrected chi connectivity index (χ3v) is 8.11. The number of hydrogen-bond acceptors (Lipinski definition) is 4. The van der Waals surface area contributed by atoms with Gasteiger partial charge < -0.3 is 15.1 Å². The lowest BCUT2D eigenvalue weighted by molar-refractivity contribution is 0.0930. The summed E-state index contributed by atoms with van der Waals surface area (Å²) < 4.78 is 6.06. The molecular weight excluding hydrogens is 451 g/mol. The molecule has 1 amide bonds. The number of rotatable bonds is 2. The molecule has 1 aliphatic heterocycles.